The summed E-state index contributed by atoms with van der Waals surface area (Å²) in [5, 5.41) is 10.1. The summed E-state index contributed by atoms with van der Waals surface area (Å²) < 4.78 is 7.47. The van der Waals surface area contributed by atoms with Gasteiger partial charge in [0, 0.05) is 0 Å². The Morgan fingerprint density at radius 1 is 1.59 bits per heavy atom. The molecular formula is C13H19N5O3S. The molecule has 120 valence electrons. The lowest BCUT2D eigenvalue weighted by Crippen LogP contribution is -2.27. The number of nitrogen functional groups attached to an aromatic ring is 1. The Labute approximate surface area is 132 Å². The first kappa shape index (κ1) is 15.3. The van der Waals surface area contributed by atoms with Crippen LogP contribution >= 0.6 is 12.6 Å². The normalized spacial score (nSPS) is 28.8. The topological polar surface area (TPSA) is 119 Å². The van der Waals surface area contributed by atoms with Gasteiger partial charge in [0.15, 0.2) is 17.4 Å². The molecular weight excluding hydrogens is 306 g/mol. The number of ether oxygens (including phenoxy) is 1. The third-order valence-electron chi connectivity index (χ3n) is 3.77. The molecule has 22 heavy (non-hydrogen) atoms. The van der Waals surface area contributed by atoms with Crippen LogP contribution in [-0.4, -0.2) is 42.1 Å². The van der Waals surface area contributed by atoms with Crippen LogP contribution in [0.1, 0.15) is 26.5 Å². The molecule has 2 aromatic rings. The van der Waals surface area contributed by atoms with E-state index in [1.54, 1.807) is 0 Å². The predicted molar refractivity (Wildman–Crippen MR) is 84.7 cm³/mol. The van der Waals surface area contributed by atoms with Crippen LogP contribution in [0.2, 0.25) is 0 Å². The summed E-state index contributed by atoms with van der Waals surface area (Å²) in [5.41, 5.74) is 5.61. The number of nitrogens with two attached hydrogens (primary N) is 1. The number of nitrogens with one attached hydrogen (secondary N) is 1. The maximum atomic E-state index is 11.8. The third-order valence-corrected chi connectivity index (χ3v) is 4.40. The number of anilines is 1. The second-order valence-electron chi connectivity index (χ2n) is 5.95. The van der Waals surface area contributed by atoms with Crippen molar-refractivity contribution in [1.82, 2.24) is 19.5 Å². The Hall–Kier alpha value is -1.58. The Morgan fingerprint density at radius 3 is 3.00 bits per heavy atom. The van der Waals surface area contributed by atoms with E-state index in [0.29, 0.717) is 5.92 Å². The molecule has 8 nitrogen and oxygen atoms in total. The SMILES string of the molecule is CC(C)C[C@H]1O[C@@H](n2cnc3c(=O)[nH]c(N)nc32)[C@H](O)[C@@H]1S. The quantitative estimate of drug-likeness (QED) is 0.603. The minimum Gasteiger partial charge on any atom is -0.387 e. The van der Waals surface area contributed by atoms with Crippen molar-refractivity contribution in [1.29, 1.82) is 0 Å². The van der Waals surface area contributed by atoms with Gasteiger partial charge in [0.2, 0.25) is 5.95 Å². The van der Waals surface area contributed by atoms with Crippen molar-refractivity contribution in [3.63, 3.8) is 0 Å². The van der Waals surface area contributed by atoms with Crippen LogP contribution in [0.25, 0.3) is 11.2 Å². The molecule has 0 aromatic carbocycles. The molecule has 2 aromatic heterocycles. The number of imidazole rings is 1. The van der Waals surface area contributed by atoms with Gasteiger partial charge in [-0.1, -0.05) is 13.8 Å². The number of hydrogen-bond acceptors (Lipinski definition) is 7. The van der Waals surface area contributed by atoms with Crippen molar-refractivity contribution >= 4 is 29.7 Å². The molecule has 0 radical (unpaired) electrons. The van der Waals surface area contributed by atoms with Gasteiger partial charge in [-0.05, 0) is 12.3 Å². The molecule has 4 atom stereocenters. The van der Waals surface area contributed by atoms with Gasteiger partial charge < -0.3 is 15.6 Å². The number of fused-ring (bicyclic) bond motifs is 1. The monoisotopic (exact) mass is 325 g/mol. The number of hydrogen-bond donors (Lipinski definition) is 4. The van der Waals surface area contributed by atoms with Crippen LogP contribution in [0.4, 0.5) is 5.95 Å². The molecule has 1 fully saturated rings. The molecule has 4 N–H and O–H groups in total. The summed E-state index contributed by atoms with van der Waals surface area (Å²) in [6.07, 6.45) is 0.514. The summed E-state index contributed by atoms with van der Waals surface area (Å²) in [5.74, 6) is 0.412. The number of aromatic amines is 1. The highest BCUT2D eigenvalue weighted by Gasteiger charge is 2.43. The molecule has 1 aliphatic heterocycles. The van der Waals surface area contributed by atoms with Gasteiger partial charge in [0.25, 0.3) is 5.56 Å². The van der Waals surface area contributed by atoms with E-state index in [4.69, 9.17) is 10.5 Å². The zero-order chi connectivity index (χ0) is 16.0. The predicted octanol–water partition coefficient (Wildman–Crippen LogP) is 0.305. The van der Waals surface area contributed by atoms with E-state index in [1.165, 1.54) is 10.9 Å². The van der Waals surface area contributed by atoms with E-state index >= 15 is 0 Å². The molecule has 0 spiro atoms. The molecule has 0 amide bonds. The first-order valence-corrected chi connectivity index (χ1v) is 7.64. The lowest BCUT2D eigenvalue weighted by molar-refractivity contribution is -0.0396. The van der Waals surface area contributed by atoms with Crippen molar-refractivity contribution in [3.8, 4) is 0 Å². The molecule has 3 rings (SSSR count). The fourth-order valence-corrected chi connectivity index (χ4v) is 3.09. The Bertz CT molecular complexity index is 743. The van der Waals surface area contributed by atoms with E-state index in [0.717, 1.165) is 6.42 Å². The smallest absolute Gasteiger partial charge is 0.280 e. The van der Waals surface area contributed by atoms with Gasteiger partial charge in [-0.3, -0.25) is 14.3 Å². The van der Waals surface area contributed by atoms with Crippen LogP contribution in [0, 0.1) is 5.92 Å². The van der Waals surface area contributed by atoms with Crippen LogP contribution in [0.5, 0.6) is 0 Å². The molecule has 3 heterocycles. The van der Waals surface area contributed by atoms with E-state index < -0.39 is 17.9 Å². The summed E-state index contributed by atoms with van der Waals surface area (Å²) in [4.78, 5) is 22.3. The Balaban J connectivity index is 1.99. The number of H-pyrrole nitrogens is 1. The zero-order valence-corrected chi connectivity index (χ0v) is 13.2. The van der Waals surface area contributed by atoms with Crippen molar-refractivity contribution in [2.24, 2.45) is 5.92 Å². The molecule has 1 saturated heterocycles. The highest BCUT2D eigenvalue weighted by atomic mass is 32.1. The molecule has 0 aliphatic carbocycles. The second kappa shape index (κ2) is 5.56. The highest BCUT2D eigenvalue weighted by Crippen LogP contribution is 2.36. The molecule has 0 bridgehead atoms. The summed E-state index contributed by atoms with van der Waals surface area (Å²) in [6.45, 7) is 4.16. The van der Waals surface area contributed by atoms with Crippen LogP contribution in [-0.2, 0) is 4.74 Å². The fourth-order valence-electron chi connectivity index (χ4n) is 2.75. The number of aromatic nitrogens is 4. The standard InChI is InChI=1S/C13H19N5O3S/c1-5(2)3-6-9(22)8(19)12(21-6)18-4-15-7-10(18)16-13(14)17-11(7)20/h4-6,8-9,12,19,22H,3H2,1-2H3,(H3,14,16,17,20)/t6-,8-,9-,12-/m1/s1. The average molecular weight is 325 g/mol. The second-order valence-corrected chi connectivity index (χ2v) is 6.55. The lowest BCUT2D eigenvalue weighted by Gasteiger charge is -2.17. The minimum absolute atomic E-state index is 0.00658. The Kier molecular flexibility index (Phi) is 3.87. The van der Waals surface area contributed by atoms with Gasteiger partial charge in [-0.15, -0.1) is 0 Å². The van der Waals surface area contributed by atoms with Crippen LogP contribution in [0.15, 0.2) is 11.1 Å². The zero-order valence-electron chi connectivity index (χ0n) is 12.3. The van der Waals surface area contributed by atoms with Gasteiger partial charge in [0.05, 0.1) is 17.7 Å². The van der Waals surface area contributed by atoms with E-state index in [9.17, 15) is 9.90 Å². The van der Waals surface area contributed by atoms with E-state index in [2.05, 4.69) is 41.4 Å². The number of rotatable bonds is 3. The van der Waals surface area contributed by atoms with Gasteiger partial charge in [-0.25, -0.2) is 4.98 Å². The van der Waals surface area contributed by atoms with Gasteiger partial charge in [-0.2, -0.15) is 17.6 Å². The molecule has 9 heteroatoms. The maximum absolute atomic E-state index is 11.8. The molecule has 1 aliphatic rings. The maximum Gasteiger partial charge on any atom is 0.280 e. The number of thiol groups is 1. The molecule has 0 saturated carbocycles. The van der Waals surface area contributed by atoms with Crippen LogP contribution < -0.4 is 11.3 Å². The van der Waals surface area contributed by atoms with Gasteiger partial charge in [0.1, 0.15) is 6.10 Å². The van der Waals surface area contributed by atoms with Crippen LogP contribution in [0.3, 0.4) is 0 Å². The third kappa shape index (κ3) is 2.49. The average Bonchev–Trinajstić information content (AvgIpc) is 2.95. The highest BCUT2D eigenvalue weighted by molar-refractivity contribution is 7.81. The number of aliphatic hydroxyl groups excluding tert-OH is 1. The first-order valence-electron chi connectivity index (χ1n) is 7.12. The largest absolute Gasteiger partial charge is 0.387 e. The first-order chi connectivity index (χ1) is 10.4. The number of aliphatic hydroxyl groups is 1. The summed E-state index contributed by atoms with van der Waals surface area (Å²) in [6, 6.07) is 0. The fraction of sp³-hybridized carbons (Fsp3) is 0.615. The van der Waals surface area contributed by atoms with E-state index in [1.807, 2.05) is 0 Å². The molecule has 0 unspecified atom stereocenters. The van der Waals surface area contributed by atoms with Gasteiger partial charge >= 0.3 is 0 Å². The summed E-state index contributed by atoms with van der Waals surface area (Å²) in [7, 11) is 0. The van der Waals surface area contributed by atoms with Crippen molar-refractivity contribution < 1.29 is 9.84 Å². The minimum atomic E-state index is -0.827. The summed E-state index contributed by atoms with van der Waals surface area (Å²) >= 11 is 4.46. The van der Waals surface area contributed by atoms with Crippen molar-refractivity contribution in [3.05, 3.63) is 16.7 Å². The van der Waals surface area contributed by atoms with Crippen molar-refractivity contribution in [2.45, 2.75) is 44.0 Å². The lowest BCUT2D eigenvalue weighted by atomic mass is 10.0. The van der Waals surface area contributed by atoms with E-state index in [-0.39, 0.29) is 28.5 Å². The Morgan fingerprint density at radius 2 is 2.32 bits per heavy atom. The van der Waals surface area contributed by atoms with Crippen molar-refractivity contribution in [2.75, 3.05) is 5.73 Å². The number of nitrogens with zero attached hydrogens (tertiary/aromatic N) is 3.